The van der Waals surface area contributed by atoms with Gasteiger partial charge in [-0.2, -0.15) is 0 Å². The minimum Gasteiger partial charge on any atom is -0.393 e. The highest BCUT2D eigenvalue weighted by Crippen LogP contribution is 2.32. The zero-order chi connectivity index (χ0) is 18.0. The van der Waals surface area contributed by atoms with Crippen LogP contribution in [-0.4, -0.2) is 9.97 Å². The molecule has 4 N–H and O–H groups in total. The molecule has 0 atom stereocenters. The molecule has 0 fully saturated rings. The molecule has 2 aromatic carbocycles. The SMILES string of the molecule is Cc1ccc(Cl)cc1Nc1ncnc(Nc2ccc(Cl)c(Cl)c2)c1N. The third kappa shape index (κ3) is 4.07. The molecule has 0 aliphatic rings. The highest BCUT2D eigenvalue weighted by Gasteiger charge is 2.11. The van der Waals surface area contributed by atoms with Gasteiger partial charge < -0.3 is 16.4 Å². The Bertz CT molecular complexity index is 930. The number of halogens is 3. The van der Waals surface area contributed by atoms with Gasteiger partial charge in [0.05, 0.1) is 10.0 Å². The predicted molar refractivity (Wildman–Crippen MR) is 106 cm³/mol. The first kappa shape index (κ1) is 17.6. The summed E-state index contributed by atoms with van der Waals surface area (Å²) in [5.74, 6) is 0.929. The molecule has 1 heterocycles. The van der Waals surface area contributed by atoms with E-state index in [-0.39, 0.29) is 0 Å². The van der Waals surface area contributed by atoms with Gasteiger partial charge >= 0.3 is 0 Å². The van der Waals surface area contributed by atoms with Crippen molar-refractivity contribution in [1.82, 2.24) is 9.97 Å². The maximum Gasteiger partial charge on any atom is 0.159 e. The number of benzene rings is 2. The molecule has 8 heteroatoms. The lowest BCUT2D eigenvalue weighted by molar-refractivity contribution is 1.17. The van der Waals surface area contributed by atoms with Gasteiger partial charge in [0.2, 0.25) is 0 Å². The molecule has 25 heavy (non-hydrogen) atoms. The van der Waals surface area contributed by atoms with Crippen molar-refractivity contribution in [2.75, 3.05) is 16.4 Å². The number of hydrogen-bond donors (Lipinski definition) is 3. The molecule has 1 aromatic heterocycles. The smallest absolute Gasteiger partial charge is 0.159 e. The van der Waals surface area contributed by atoms with Crippen LogP contribution in [0.4, 0.5) is 28.7 Å². The molecular weight excluding hydrogens is 381 g/mol. The third-order valence-electron chi connectivity index (χ3n) is 3.52. The molecule has 0 unspecified atom stereocenters. The lowest BCUT2D eigenvalue weighted by Crippen LogP contribution is -2.05. The van der Waals surface area contributed by atoms with Crippen molar-refractivity contribution in [3.05, 3.63) is 63.4 Å². The zero-order valence-corrected chi connectivity index (χ0v) is 15.4. The van der Waals surface area contributed by atoms with E-state index in [1.165, 1.54) is 6.33 Å². The number of nitrogen functional groups attached to an aromatic ring is 1. The minimum atomic E-state index is 0.368. The van der Waals surface area contributed by atoms with E-state index >= 15 is 0 Å². The Morgan fingerprint density at radius 1 is 0.880 bits per heavy atom. The van der Waals surface area contributed by atoms with Crippen LogP contribution in [0.3, 0.4) is 0 Å². The number of anilines is 5. The second-order valence-corrected chi connectivity index (χ2v) is 6.57. The van der Waals surface area contributed by atoms with Gasteiger partial charge in [-0.1, -0.05) is 40.9 Å². The van der Waals surface area contributed by atoms with Crippen LogP contribution in [0, 0.1) is 6.92 Å². The first-order chi connectivity index (χ1) is 11.9. The highest BCUT2D eigenvalue weighted by atomic mass is 35.5. The molecule has 0 radical (unpaired) electrons. The van der Waals surface area contributed by atoms with Crippen LogP contribution >= 0.6 is 34.8 Å². The third-order valence-corrected chi connectivity index (χ3v) is 4.49. The normalized spacial score (nSPS) is 10.6. The summed E-state index contributed by atoms with van der Waals surface area (Å²) in [5, 5.41) is 7.82. The molecular formula is C17H14Cl3N5. The molecule has 0 aliphatic carbocycles. The summed E-state index contributed by atoms with van der Waals surface area (Å²) in [4.78, 5) is 8.38. The van der Waals surface area contributed by atoms with Crippen LogP contribution in [0.1, 0.15) is 5.56 Å². The summed E-state index contributed by atoms with van der Waals surface area (Å²) in [6.45, 7) is 1.96. The standard InChI is InChI=1S/C17H14Cl3N5/c1-9-2-3-10(18)6-14(9)25-17-15(21)16(22-8-23-17)24-11-4-5-12(19)13(20)7-11/h2-8H,21H2,1H3,(H2,22,23,24,25). The summed E-state index contributed by atoms with van der Waals surface area (Å²) in [6.07, 6.45) is 1.42. The zero-order valence-electron chi connectivity index (χ0n) is 13.1. The number of aryl methyl sites for hydroxylation is 1. The van der Waals surface area contributed by atoms with E-state index in [1.807, 2.05) is 25.1 Å². The Morgan fingerprint density at radius 3 is 2.32 bits per heavy atom. The Kier molecular flexibility index (Phi) is 5.18. The number of nitrogens with zero attached hydrogens (tertiary/aromatic N) is 2. The van der Waals surface area contributed by atoms with Gasteiger partial charge in [0.1, 0.15) is 12.0 Å². The number of nitrogens with one attached hydrogen (secondary N) is 2. The number of rotatable bonds is 4. The van der Waals surface area contributed by atoms with E-state index in [0.29, 0.717) is 38.1 Å². The Labute approximate surface area is 160 Å². The van der Waals surface area contributed by atoms with E-state index < -0.39 is 0 Å². The van der Waals surface area contributed by atoms with Gasteiger partial charge in [0.15, 0.2) is 11.6 Å². The van der Waals surface area contributed by atoms with Gasteiger partial charge in [-0.3, -0.25) is 0 Å². The van der Waals surface area contributed by atoms with Crippen molar-refractivity contribution >= 4 is 63.5 Å². The Balaban J connectivity index is 1.89. The van der Waals surface area contributed by atoms with Crippen molar-refractivity contribution in [3.8, 4) is 0 Å². The van der Waals surface area contributed by atoms with Gasteiger partial charge in [-0.05, 0) is 42.8 Å². The van der Waals surface area contributed by atoms with Crippen LogP contribution in [0.5, 0.6) is 0 Å². The van der Waals surface area contributed by atoms with E-state index in [1.54, 1.807) is 18.2 Å². The molecule has 0 amide bonds. The quantitative estimate of drug-likeness (QED) is 0.520. The molecule has 5 nitrogen and oxygen atoms in total. The fourth-order valence-electron chi connectivity index (χ4n) is 2.16. The molecule has 0 saturated heterocycles. The fourth-order valence-corrected chi connectivity index (χ4v) is 2.63. The molecule has 0 saturated carbocycles. The first-order valence-corrected chi connectivity index (χ1v) is 8.43. The van der Waals surface area contributed by atoms with Crippen LogP contribution in [0.2, 0.25) is 15.1 Å². The van der Waals surface area contributed by atoms with E-state index in [2.05, 4.69) is 20.6 Å². The Hall–Kier alpha value is -2.21. The van der Waals surface area contributed by atoms with E-state index in [4.69, 9.17) is 40.5 Å². The lowest BCUT2D eigenvalue weighted by atomic mass is 10.2. The summed E-state index contributed by atoms with van der Waals surface area (Å²) in [7, 11) is 0. The molecule has 3 aromatic rings. The van der Waals surface area contributed by atoms with Crippen molar-refractivity contribution in [1.29, 1.82) is 0 Å². The minimum absolute atomic E-state index is 0.368. The van der Waals surface area contributed by atoms with E-state index in [0.717, 1.165) is 11.3 Å². The number of hydrogen-bond acceptors (Lipinski definition) is 5. The topological polar surface area (TPSA) is 75.9 Å². The summed E-state index contributed by atoms with van der Waals surface area (Å²) < 4.78 is 0. The molecule has 128 valence electrons. The van der Waals surface area contributed by atoms with Crippen LogP contribution in [0.15, 0.2) is 42.7 Å². The summed E-state index contributed by atoms with van der Waals surface area (Å²) >= 11 is 18.0. The van der Waals surface area contributed by atoms with Crippen molar-refractivity contribution in [2.24, 2.45) is 0 Å². The van der Waals surface area contributed by atoms with E-state index in [9.17, 15) is 0 Å². The molecule has 0 bridgehead atoms. The van der Waals surface area contributed by atoms with Gasteiger partial charge in [-0.15, -0.1) is 0 Å². The Morgan fingerprint density at radius 2 is 1.60 bits per heavy atom. The number of aromatic nitrogens is 2. The molecule has 0 spiro atoms. The van der Waals surface area contributed by atoms with Crippen molar-refractivity contribution in [3.63, 3.8) is 0 Å². The second-order valence-electron chi connectivity index (χ2n) is 5.32. The van der Waals surface area contributed by atoms with Gasteiger partial charge in [0, 0.05) is 16.4 Å². The fraction of sp³-hybridized carbons (Fsp3) is 0.0588. The maximum absolute atomic E-state index is 6.19. The lowest BCUT2D eigenvalue weighted by Gasteiger charge is -2.14. The van der Waals surface area contributed by atoms with Crippen LogP contribution in [0.25, 0.3) is 0 Å². The van der Waals surface area contributed by atoms with Crippen molar-refractivity contribution < 1.29 is 0 Å². The molecule has 0 aliphatic heterocycles. The van der Waals surface area contributed by atoms with Crippen molar-refractivity contribution in [2.45, 2.75) is 6.92 Å². The molecule has 3 rings (SSSR count). The average Bonchev–Trinajstić information content (AvgIpc) is 2.58. The van der Waals surface area contributed by atoms with Crippen LogP contribution in [-0.2, 0) is 0 Å². The largest absolute Gasteiger partial charge is 0.393 e. The average molecular weight is 395 g/mol. The van der Waals surface area contributed by atoms with Gasteiger partial charge in [-0.25, -0.2) is 9.97 Å². The maximum atomic E-state index is 6.19. The summed E-state index contributed by atoms with van der Waals surface area (Å²) in [6, 6.07) is 10.7. The summed E-state index contributed by atoms with van der Waals surface area (Å²) in [5.41, 5.74) is 9.11. The van der Waals surface area contributed by atoms with Crippen LogP contribution < -0.4 is 16.4 Å². The second kappa shape index (κ2) is 7.35. The monoisotopic (exact) mass is 393 g/mol. The highest BCUT2D eigenvalue weighted by molar-refractivity contribution is 6.42. The van der Waals surface area contributed by atoms with Gasteiger partial charge in [0.25, 0.3) is 0 Å². The predicted octanol–water partition coefficient (Wildman–Crippen LogP) is 5.81. The number of nitrogens with two attached hydrogens (primary N) is 1. The first-order valence-electron chi connectivity index (χ1n) is 7.30.